The molecule has 0 radical (unpaired) electrons. The SMILES string of the molecule is Fc1ccc(Cl)c(C2(C3CCNC3)CC2)c1. The summed E-state index contributed by atoms with van der Waals surface area (Å²) in [6.45, 7) is 2.13. The minimum atomic E-state index is -0.170. The van der Waals surface area contributed by atoms with Crippen LogP contribution in [0, 0.1) is 11.7 Å². The molecule has 3 rings (SSSR count). The number of hydrogen-bond donors (Lipinski definition) is 1. The molecular formula is C13H15ClFN. The number of benzene rings is 1. The minimum Gasteiger partial charge on any atom is -0.316 e. The molecule has 1 aromatic rings. The van der Waals surface area contributed by atoms with Crippen molar-refractivity contribution in [1.29, 1.82) is 0 Å². The van der Waals surface area contributed by atoms with Gasteiger partial charge >= 0.3 is 0 Å². The molecular weight excluding hydrogens is 225 g/mol. The van der Waals surface area contributed by atoms with Gasteiger partial charge in [0.25, 0.3) is 0 Å². The van der Waals surface area contributed by atoms with Crippen LogP contribution >= 0.6 is 11.6 Å². The topological polar surface area (TPSA) is 12.0 Å². The van der Waals surface area contributed by atoms with Crippen molar-refractivity contribution in [2.24, 2.45) is 5.92 Å². The lowest BCUT2D eigenvalue weighted by Gasteiger charge is -2.23. The lowest BCUT2D eigenvalue weighted by atomic mass is 9.82. The highest BCUT2D eigenvalue weighted by molar-refractivity contribution is 6.31. The van der Waals surface area contributed by atoms with E-state index < -0.39 is 0 Å². The lowest BCUT2D eigenvalue weighted by Crippen LogP contribution is -2.23. The molecule has 1 heterocycles. The third-order valence-electron chi connectivity index (χ3n) is 4.10. The van der Waals surface area contributed by atoms with Crippen LogP contribution in [0.1, 0.15) is 24.8 Å². The zero-order chi connectivity index (χ0) is 11.2. The molecule has 1 unspecified atom stereocenters. The first kappa shape index (κ1) is 10.5. The summed E-state index contributed by atoms with van der Waals surface area (Å²) in [5.41, 5.74) is 1.20. The summed E-state index contributed by atoms with van der Waals surface area (Å²) in [4.78, 5) is 0. The molecule has 1 saturated heterocycles. The first-order chi connectivity index (χ1) is 7.72. The lowest BCUT2D eigenvalue weighted by molar-refractivity contribution is 0.437. The summed E-state index contributed by atoms with van der Waals surface area (Å²) in [7, 11) is 0. The number of rotatable bonds is 2. The third kappa shape index (κ3) is 1.56. The Hall–Kier alpha value is -0.600. The van der Waals surface area contributed by atoms with Gasteiger partial charge in [-0.25, -0.2) is 4.39 Å². The van der Waals surface area contributed by atoms with E-state index in [0.717, 1.165) is 36.5 Å². The molecule has 0 bridgehead atoms. The van der Waals surface area contributed by atoms with E-state index >= 15 is 0 Å². The van der Waals surface area contributed by atoms with Crippen LogP contribution in [0.4, 0.5) is 4.39 Å². The Balaban J connectivity index is 1.98. The van der Waals surface area contributed by atoms with Crippen LogP contribution in [-0.2, 0) is 5.41 Å². The maximum absolute atomic E-state index is 13.3. The molecule has 0 spiro atoms. The highest BCUT2D eigenvalue weighted by atomic mass is 35.5. The average Bonchev–Trinajstić information content (AvgIpc) is 2.89. The van der Waals surface area contributed by atoms with E-state index in [9.17, 15) is 4.39 Å². The predicted molar refractivity (Wildman–Crippen MR) is 63.3 cm³/mol. The Morgan fingerprint density at radius 3 is 2.81 bits per heavy atom. The fraction of sp³-hybridized carbons (Fsp3) is 0.538. The molecule has 1 aromatic carbocycles. The molecule has 1 aliphatic heterocycles. The van der Waals surface area contributed by atoms with Gasteiger partial charge in [-0.2, -0.15) is 0 Å². The van der Waals surface area contributed by atoms with Gasteiger partial charge in [0.05, 0.1) is 0 Å². The van der Waals surface area contributed by atoms with Gasteiger partial charge in [-0.1, -0.05) is 11.6 Å². The second kappa shape index (κ2) is 3.71. The largest absolute Gasteiger partial charge is 0.316 e. The fourth-order valence-corrected chi connectivity index (χ4v) is 3.34. The van der Waals surface area contributed by atoms with Crippen LogP contribution in [-0.4, -0.2) is 13.1 Å². The molecule has 0 aromatic heterocycles. The predicted octanol–water partition coefficient (Wildman–Crippen LogP) is 3.12. The second-order valence-electron chi connectivity index (χ2n) is 4.97. The van der Waals surface area contributed by atoms with Crippen LogP contribution in [0.3, 0.4) is 0 Å². The first-order valence-electron chi connectivity index (χ1n) is 5.89. The standard InChI is InChI=1S/C13H15ClFN/c14-12-2-1-10(15)7-11(12)13(4-5-13)9-3-6-16-8-9/h1-2,7,9,16H,3-6,8H2. The Bertz CT molecular complexity index is 408. The Morgan fingerprint density at radius 2 is 2.19 bits per heavy atom. The Morgan fingerprint density at radius 1 is 1.38 bits per heavy atom. The molecule has 1 saturated carbocycles. The summed E-state index contributed by atoms with van der Waals surface area (Å²) in [6.07, 6.45) is 3.50. The molecule has 1 nitrogen and oxygen atoms in total. The van der Waals surface area contributed by atoms with Gasteiger partial charge in [0.2, 0.25) is 0 Å². The Labute approximate surface area is 100.0 Å². The maximum atomic E-state index is 13.3. The first-order valence-corrected chi connectivity index (χ1v) is 6.26. The van der Waals surface area contributed by atoms with E-state index in [4.69, 9.17) is 11.6 Å². The van der Waals surface area contributed by atoms with Gasteiger partial charge in [-0.05, 0) is 62.0 Å². The number of hydrogen-bond acceptors (Lipinski definition) is 1. The van der Waals surface area contributed by atoms with Crippen molar-refractivity contribution >= 4 is 11.6 Å². The monoisotopic (exact) mass is 239 g/mol. The zero-order valence-corrected chi connectivity index (χ0v) is 9.86. The Kier molecular flexibility index (Phi) is 2.45. The highest BCUT2D eigenvalue weighted by Gasteiger charge is 2.52. The molecule has 86 valence electrons. The van der Waals surface area contributed by atoms with Gasteiger partial charge in [0.1, 0.15) is 5.82 Å². The quantitative estimate of drug-likeness (QED) is 0.836. The van der Waals surface area contributed by atoms with E-state index in [1.165, 1.54) is 12.5 Å². The number of nitrogens with one attached hydrogen (secondary N) is 1. The molecule has 1 aliphatic carbocycles. The fourth-order valence-electron chi connectivity index (χ4n) is 3.04. The molecule has 1 N–H and O–H groups in total. The van der Waals surface area contributed by atoms with Crippen molar-refractivity contribution in [2.75, 3.05) is 13.1 Å². The van der Waals surface area contributed by atoms with Crippen LogP contribution < -0.4 is 5.32 Å². The second-order valence-corrected chi connectivity index (χ2v) is 5.38. The van der Waals surface area contributed by atoms with Crippen molar-refractivity contribution in [3.63, 3.8) is 0 Å². The van der Waals surface area contributed by atoms with Gasteiger partial charge in [-0.3, -0.25) is 0 Å². The average molecular weight is 240 g/mol. The maximum Gasteiger partial charge on any atom is 0.123 e. The van der Waals surface area contributed by atoms with Crippen LogP contribution in [0.25, 0.3) is 0 Å². The molecule has 2 aliphatic rings. The van der Waals surface area contributed by atoms with Crippen LogP contribution in [0.15, 0.2) is 18.2 Å². The summed E-state index contributed by atoms with van der Waals surface area (Å²) >= 11 is 6.21. The van der Waals surface area contributed by atoms with E-state index in [-0.39, 0.29) is 11.2 Å². The zero-order valence-electron chi connectivity index (χ0n) is 9.10. The van der Waals surface area contributed by atoms with Crippen molar-refractivity contribution < 1.29 is 4.39 Å². The molecule has 1 atom stereocenters. The molecule has 0 amide bonds. The summed E-state index contributed by atoms with van der Waals surface area (Å²) < 4.78 is 13.3. The van der Waals surface area contributed by atoms with E-state index in [1.807, 2.05) is 0 Å². The van der Waals surface area contributed by atoms with Gasteiger partial charge < -0.3 is 5.32 Å². The molecule has 3 heteroatoms. The molecule has 16 heavy (non-hydrogen) atoms. The normalized spacial score (nSPS) is 27.0. The van der Waals surface area contributed by atoms with Crippen molar-refractivity contribution in [1.82, 2.24) is 5.32 Å². The van der Waals surface area contributed by atoms with Crippen LogP contribution in [0.5, 0.6) is 0 Å². The van der Waals surface area contributed by atoms with E-state index in [1.54, 1.807) is 12.1 Å². The van der Waals surface area contributed by atoms with Gasteiger partial charge in [-0.15, -0.1) is 0 Å². The highest BCUT2D eigenvalue weighted by Crippen LogP contribution is 2.57. The van der Waals surface area contributed by atoms with E-state index in [2.05, 4.69) is 5.32 Å². The van der Waals surface area contributed by atoms with Crippen LogP contribution in [0.2, 0.25) is 5.02 Å². The van der Waals surface area contributed by atoms with Crippen molar-refractivity contribution in [3.8, 4) is 0 Å². The smallest absolute Gasteiger partial charge is 0.123 e. The van der Waals surface area contributed by atoms with E-state index in [0.29, 0.717) is 5.92 Å². The van der Waals surface area contributed by atoms with Crippen molar-refractivity contribution in [2.45, 2.75) is 24.7 Å². The summed E-state index contributed by atoms with van der Waals surface area (Å²) in [6, 6.07) is 4.76. The minimum absolute atomic E-state index is 0.169. The summed E-state index contributed by atoms with van der Waals surface area (Å²) in [5.74, 6) is 0.462. The third-order valence-corrected chi connectivity index (χ3v) is 4.42. The van der Waals surface area contributed by atoms with Gasteiger partial charge in [0, 0.05) is 10.4 Å². The number of halogens is 2. The van der Waals surface area contributed by atoms with Crippen molar-refractivity contribution in [3.05, 3.63) is 34.6 Å². The summed E-state index contributed by atoms with van der Waals surface area (Å²) in [5, 5.41) is 4.11. The van der Waals surface area contributed by atoms with Gasteiger partial charge in [0.15, 0.2) is 0 Å². The molecule has 2 fully saturated rings.